The molecule has 0 atom stereocenters. The number of carbonyl (C=O) groups is 1. The molecule has 0 radical (unpaired) electrons. The van der Waals surface area contributed by atoms with E-state index in [2.05, 4.69) is 14.7 Å². The Kier molecular flexibility index (Phi) is 3.21. The minimum Gasteiger partial charge on any atom is -0.464 e. The number of hydrogen-bond donors (Lipinski definition) is 0. The largest absolute Gasteiger partial charge is 0.464 e. The Balaban J connectivity index is 3.09. The summed E-state index contributed by atoms with van der Waals surface area (Å²) in [5, 5.41) is 0.257. The molecular formula is C6H4ClIN2O2. The minimum atomic E-state index is -0.511. The summed E-state index contributed by atoms with van der Waals surface area (Å²) >= 11 is 7.40. The van der Waals surface area contributed by atoms with Gasteiger partial charge < -0.3 is 4.74 Å². The molecule has 0 amide bonds. The van der Waals surface area contributed by atoms with Gasteiger partial charge in [0.05, 0.1) is 13.3 Å². The number of aromatic nitrogens is 2. The van der Waals surface area contributed by atoms with Crippen molar-refractivity contribution in [3.63, 3.8) is 0 Å². The Hall–Kier alpha value is -0.430. The van der Waals surface area contributed by atoms with Crippen LogP contribution < -0.4 is 0 Å². The van der Waals surface area contributed by atoms with Crippen molar-refractivity contribution in [1.82, 2.24) is 9.97 Å². The first-order chi connectivity index (χ1) is 5.65. The molecule has 0 spiro atoms. The van der Waals surface area contributed by atoms with Crippen molar-refractivity contribution >= 4 is 40.2 Å². The molecule has 1 aromatic rings. The predicted octanol–water partition coefficient (Wildman–Crippen LogP) is 1.52. The van der Waals surface area contributed by atoms with Gasteiger partial charge in [-0.05, 0) is 22.6 Å². The molecule has 0 aliphatic heterocycles. The number of hydrogen-bond acceptors (Lipinski definition) is 4. The van der Waals surface area contributed by atoms with E-state index in [4.69, 9.17) is 11.6 Å². The fourth-order valence-electron chi connectivity index (χ4n) is 0.580. The molecule has 4 nitrogen and oxygen atoms in total. The van der Waals surface area contributed by atoms with E-state index in [-0.39, 0.29) is 10.8 Å². The van der Waals surface area contributed by atoms with Crippen LogP contribution in [0.1, 0.15) is 10.5 Å². The fourth-order valence-corrected chi connectivity index (χ4v) is 1.48. The van der Waals surface area contributed by atoms with Gasteiger partial charge in [0.15, 0.2) is 5.69 Å². The summed E-state index contributed by atoms with van der Waals surface area (Å²) in [7, 11) is 1.29. The summed E-state index contributed by atoms with van der Waals surface area (Å²) in [4.78, 5) is 18.6. The van der Waals surface area contributed by atoms with Gasteiger partial charge in [-0.3, -0.25) is 0 Å². The van der Waals surface area contributed by atoms with Crippen molar-refractivity contribution in [1.29, 1.82) is 0 Å². The van der Waals surface area contributed by atoms with E-state index in [0.29, 0.717) is 3.70 Å². The third kappa shape index (κ3) is 2.04. The highest BCUT2D eigenvalue weighted by Crippen LogP contribution is 2.11. The van der Waals surface area contributed by atoms with Crippen LogP contribution in [-0.2, 0) is 4.74 Å². The topological polar surface area (TPSA) is 52.1 Å². The van der Waals surface area contributed by atoms with Gasteiger partial charge >= 0.3 is 5.97 Å². The van der Waals surface area contributed by atoms with Crippen molar-refractivity contribution < 1.29 is 9.53 Å². The molecule has 0 aliphatic carbocycles. The second-order valence-corrected chi connectivity index (χ2v) is 3.23. The first kappa shape index (κ1) is 9.66. The lowest BCUT2D eigenvalue weighted by Crippen LogP contribution is -2.08. The Morgan fingerprint density at radius 3 is 2.92 bits per heavy atom. The van der Waals surface area contributed by atoms with Crippen molar-refractivity contribution in [2.45, 2.75) is 0 Å². The molecule has 6 heteroatoms. The molecule has 0 saturated carbocycles. The smallest absolute Gasteiger partial charge is 0.359 e. The van der Waals surface area contributed by atoms with Gasteiger partial charge in [0, 0.05) is 0 Å². The molecule has 1 heterocycles. The lowest BCUT2D eigenvalue weighted by Gasteiger charge is -1.99. The zero-order chi connectivity index (χ0) is 9.14. The molecule has 0 unspecified atom stereocenters. The third-order valence-electron chi connectivity index (χ3n) is 1.08. The van der Waals surface area contributed by atoms with Crippen LogP contribution >= 0.6 is 34.2 Å². The minimum absolute atomic E-state index is 0.183. The van der Waals surface area contributed by atoms with E-state index in [1.165, 1.54) is 13.3 Å². The molecule has 0 aromatic carbocycles. The monoisotopic (exact) mass is 298 g/mol. The van der Waals surface area contributed by atoms with Crippen LogP contribution in [0, 0.1) is 3.70 Å². The van der Waals surface area contributed by atoms with Crippen molar-refractivity contribution in [3.05, 3.63) is 20.7 Å². The van der Waals surface area contributed by atoms with Crippen LogP contribution in [-0.4, -0.2) is 23.0 Å². The van der Waals surface area contributed by atoms with Gasteiger partial charge in [0.1, 0.15) is 8.85 Å². The highest BCUT2D eigenvalue weighted by Gasteiger charge is 2.12. The van der Waals surface area contributed by atoms with Crippen LogP contribution in [0.2, 0.25) is 5.15 Å². The van der Waals surface area contributed by atoms with Crippen LogP contribution in [0.4, 0.5) is 0 Å². The zero-order valence-electron chi connectivity index (χ0n) is 6.04. The first-order valence-corrected chi connectivity index (χ1v) is 4.37. The quantitative estimate of drug-likeness (QED) is 0.583. The average molecular weight is 298 g/mol. The summed E-state index contributed by atoms with van der Waals surface area (Å²) in [5.74, 6) is -0.511. The Morgan fingerprint density at radius 1 is 1.75 bits per heavy atom. The first-order valence-electron chi connectivity index (χ1n) is 2.91. The molecule has 1 rings (SSSR count). The van der Waals surface area contributed by atoms with E-state index in [1.807, 2.05) is 22.6 Å². The van der Waals surface area contributed by atoms with E-state index >= 15 is 0 Å². The molecule has 0 fully saturated rings. The maximum Gasteiger partial charge on any atom is 0.359 e. The van der Waals surface area contributed by atoms with Gasteiger partial charge in [0.2, 0.25) is 0 Å². The predicted molar refractivity (Wildman–Crippen MR) is 51.1 cm³/mol. The fraction of sp³-hybridized carbons (Fsp3) is 0.167. The highest BCUT2D eigenvalue weighted by atomic mass is 127. The number of ether oxygens (including phenoxy) is 1. The molecule has 0 bridgehead atoms. The lowest BCUT2D eigenvalue weighted by atomic mass is 10.5. The molecule has 12 heavy (non-hydrogen) atoms. The number of nitrogens with zero attached hydrogens (tertiary/aromatic N) is 2. The molecule has 0 saturated heterocycles. The van der Waals surface area contributed by atoms with Gasteiger partial charge in [0.25, 0.3) is 0 Å². The maximum atomic E-state index is 11.0. The Bertz CT molecular complexity index is 318. The number of rotatable bonds is 1. The van der Waals surface area contributed by atoms with Gasteiger partial charge in [-0.15, -0.1) is 0 Å². The number of esters is 1. The maximum absolute atomic E-state index is 11.0. The molecule has 1 aromatic heterocycles. The second kappa shape index (κ2) is 3.99. The van der Waals surface area contributed by atoms with Crippen LogP contribution in [0.5, 0.6) is 0 Å². The lowest BCUT2D eigenvalue weighted by molar-refractivity contribution is 0.0592. The van der Waals surface area contributed by atoms with E-state index in [0.717, 1.165) is 0 Å². The van der Waals surface area contributed by atoms with Crippen LogP contribution in [0.3, 0.4) is 0 Å². The average Bonchev–Trinajstić information content (AvgIpc) is 2.03. The Labute approximate surface area is 87.4 Å². The summed E-state index contributed by atoms with van der Waals surface area (Å²) in [5.41, 5.74) is 0.183. The van der Waals surface area contributed by atoms with Crippen molar-refractivity contribution in [2.24, 2.45) is 0 Å². The second-order valence-electron chi connectivity index (χ2n) is 1.82. The molecule has 64 valence electrons. The zero-order valence-corrected chi connectivity index (χ0v) is 8.96. The summed E-state index contributed by atoms with van der Waals surface area (Å²) < 4.78 is 4.90. The van der Waals surface area contributed by atoms with Gasteiger partial charge in [-0.1, -0.05) is 11.6 Å². The molecular weight excluding hydrogens is 294 g/mol. The van der Waals surface area contributed by atoms with E-state index < -0.39 is 5.97 Å². The third-order valence-corrected chi connectivity index (χ3v) is 2.01. The van der Waals surface area contributed by atoms with Crippen LogP contribution in [0.25, 0.3) is 0 Å². The van der Waals surface area contributed by atoms with Crippen molar-refractivity contribution in [2.75, 3.05) is 7.11 Å². The number of carbonyl (C=O) groups excluding carboxylic acids is 1. The summed E-state index contributed by atoms with van der Waals surface area (Å²) in [6, 6.07) is 0. The highest BCUT2D eigenvalue weighted by molar-refractivity contribution is 14.1. The standard InChI is InChI=1S/C6H4ClIN2O2/c1-12-6(11)4-5(8)10-3(7)2-9-4/h2H,1H3. The summed E-state index contributed by atoms with van der Waals surface area (Å²) in [6.45, 7) is 0. The SMILES string of the molecule is COC(=O)c1ncc(Cl)nc1I. The Morgan fingerprint density at radius 2 is 2.42 bits per heavy atom. The molecule has 0 N–H and O–H groups in total. The number of halogens is 2. The van der Waals surface area contributed by atoms with Crippen LogP contribution in [0.15, 0.2) is 6.20 Å². The van der Waals surface area contributed by atoms with Gasteiger partial charge in [-0.25, -0.2) is 14.8 Å². The van der Waals surface area contributed by atoms with Crippen molar-refractivity contribution in [3.8, 4) is 0 Å². The van der Waals surface area contributed by atoms with E-state index in [1.54, 1.807) is 0 Å². The van der Waals surface area contributed by atoms with Gasteiger partial charge in [-0.2, -0.15) is 0 Å². The normalized spacial score (nSPS) is 9.58. The molecule has 0 aliphatic rings. The number of methoxy groups -OCH3 is 1. The van der Waals surface area contributed by atoms with E-state index in [9.17, 15) is 4.79 Å². The summed E-state index contributed by atoms with van der Waals surface area (Å²) in [6.07, 6.45) is 1.30.